The molecule has 1 N–H and O–H groups in total. The highest BCUT2D eigenvalue weighted by atomic mass is 35.5. The first-order chi connectivity index (χ1) is 10.6. The standard InChI is InChI=1S/C17H18ClN3O/c1-2-3-8-17(20-21-17)9-7-16(22)19-15-11-13-6-4-5-12(13)10-14(15)18/h1,10-11H,3-9H2,(H,19,22). The van der Waals surface area contributed by atoms with E-state index >= 15 is 0 Å². The lowest BCUT2D eigenvalue weighted by Gasteiger charge is -2.11. The van der Waals surface area contributed by atoms with Crippen LogP contribution in [0.4, 0.5) is 5.69 Å². The van der Waals surface area contributed by atoms with E-state index in [9.17, 15) is 4.79 Å². The third-order valence-electron chi connectivity index (χ3n) is 4.26. The lowest BCUT2D eigenvalue weighted by atomic mass is 10.0. The molecule has 1 aliphatic heterocycles. The summed E-state index contributed by atoms with van der Waals surface area (Å²) < 4.78 is 0. The normalized spacial score (nSPS) is 16.9. The number of nitrogens with one attached hydrogen (secondary N) is 1. The van der Waals surface area contributed by atoms with Gasteiger partial charge in [-0.25, -0.2) is 0 Å². The number of carbonyl (C=O) groups is 1. The number of amides is 1. The average Bonchev–Trinajstić information content (AvgIpc) is 3.14. The summed E-state index contributed by atoms with van der Waals surface area (Å²) in [5.74, 6) is 2.53. The van der Waals surface area contributed by atoms with Crippen molar-refractivity contribution in [2.75, 3.05) is 5.32 Å². The summed E-state index contributed by atoms with van der Waals surface area (Å²) >= 11 is 6.25. The van der Waals surface area contributed by atoms with E-state index in [1.165, 1.54) is 11.1 Å². The van der Waals surface area contributed by atoms with E-state index in [0.29, 0.717) is 30.0 Å². The van der Waals surface area contributed by atoms with E-state index in [1.807, 2.05) is 12.1 Å². The van der Waals surface area contributed by atoms with Gasteiger partial charge in [0.05, 0.1) is 10.7 Å². The number of halogens is 1. The minimum absolute atomic E-state index is 0.0581. The molecule has 3 rings (SSSR count). The van der Waals surface area contributed by atoms with Gasteiger partial charge in [-0.15, -0.1) is 12.3 Å². The molecule has 114 valence electrons. The number of rotatable bonds is 6. The summed E-state index contributed by atoms with van der Waals surface area (Å²) in [7, 11) is 0. The summed E-state index contributed by atoms with van der Waals surface area (Å²) in [6.45, 7) is 0. The number of hydrogen-bond acceptors (Lipinski definition) is 3. The predicted octanol–water partition coefficient (Wildman–Crippen LogP) is 4.12. The minimum Gasteiger partial charge on any atom is -0.325 e. The van der Waals surface area contributed by atoms with Crippen LogP contribution in [0.15, 0.2) is 22.4 Å². The quantitative estimate of drug-likeness (QED) is 0.789. The van der Waals surface area contributed by atoms with Crippen LogP contribution in [0.1, 0.15) is 43.2 Å². The Labute approximate surface area is 135 Å². The Hall–Kier alpha value is -1.86. The van der Waals surface area contributed by atoms with Crippen molar-refractivity contribution >= 4 is 23.2 Å². The molecule has 0 bridgehead atoms. The fourth-order valence-corrected chi connectivity index (χ4v) is 3.12. The molecule has 0 unspecified atom stereocenters. The van der Waals surface area contributed by atoms with Crippen LogP contribution in [-0.4, -0.2) is 11.6 Å². The van der Waals surface area contributed by atoms with Crippen molar-refractivity contribution in [3.63, 3.8) is 0 Å². The Morgan fingerprint density at radius 3 is 2.73 bits per heavy atom. The second-order valence-electron chi connectivity index (χ2n) is 5.89. The molecule has 5 heteroatoms. The molecule has 0 atom stereocenters. The van der Waals surface area contributed by atoms with Crippen molar-refractivity contribution in [1.29, 1.82) is 0 Å². The van der Waals surface area contributed by atoms with Crippen LogP contribution in [-0.2, 0) is 17.6 Å². The van der Waals surface area contributed by atoms with Crippen molar-refractivity contribution in [2.45, 2.75) is 50.6 Å². The molecular formula is C17H18ClN3O. The van der Waals surface area contributed by atoms with E-state index in [-0.39, 0.29) is 5.91 Å². The molecule has 0 fully saturated rings. The zero-order chi connectivity index (χ0) is 15.6. The molecule has 4 nitrogen and oxygen atoms in total. The van der Waals surface area contributed by atoms with E-state index < -0.39 is 5.66 Å². The van der Waals surface area contributed by atoms with E-state index in [1.54, 1.807) is 0 Å². The second kappa shape index (κ2) is 6.10. The Morgan fingerprint density at radius 2 is 2.05 bits per heavy atom. The molecule has 0 radical (unpaired) electrons. The molecule has 2 aliphatic rings. The van der Waals surface area contributed by atoms with Crippen LogP contribution in [0.25, 0.3) is 0 Å². The Morgan fingerprint density at radius 1 is 1.32 bits per heavy atom. The monoisotopic (exact) mass is 315 g/mol. The highest BCUT2D eigenvalue weighted by Crippen LogP contribution is 2.38. The summed E-state index contributed by atoms with van der Waals surface area (Å²) in [6.07, 6.45) is 10.9. The zero-order valence-corrected chi connectivity index (χ0v) is 13.1. The number of hydrogen-bond donors (Lipinski definition) is 1. The largest absolute Gasteiger partial charge is 0.325 e. The van der Waals surface area contributed by atoms with Gasteiger partial charge in [-0.05, 0) is 42.5 Å². The maximum absolute atomic E-state index is 12.1. The smallest absolute Gasteiger partial charge is 0.224 e. The first-order valence-corrected chi connectivity index (χ1v) is 7.98. The summed E-state index contributed by atoms with van der Waals surface area (Å²) in [4.78, 5) is 12.1. The van der Waals surface area contributed by atoms with Crippen LogP contribution in [0.3, 0.4) is 0 Å². The van der Waals surface area contributed by atoms with Gasteiger partial charge in [0.2, 0.25) is 5.91 Å². The summed E-state index contributed by atoms with van der Waals surface area (Å²) in [6, 6.07) is 3.97. The first-order valence-electron chi connectivity index (χ1n) is 7.61. The van der Waals surface area contributed by atoms with Gasteiger partial charge in [-0.1, -0.05) is 11.6 Å². The Balaban J connectivity index is 1.55. The topological polar surface area (TPSA) is 53.8 Å². The van der Waals surface area contributed by atoms with E-state index in [4.69, 9.17) is 18.0 Å². The number of aryl methyl sites for hydroxylation is 2. The van der Waals surface area contributed by atoms with Gasteiger partial charge in [-0.3, -0.25) is 4.79 Å². The minimum atomic E-state index is -0.411. The first kappa shape index (κ1) is 15.1. The lowest BCUT2D eigenvalue weighted by Crippen LogP contribution is -2.18. The molecule has 1 heterocycles. The number of fused-ring (bicyclic) bond motifs is 1. The average molecular weight is 316 g/mol. The molecule has 1 aliphatic carbocycles. The van der Waals surface area contributed by atoms with Gasteiger partial charge in [0.15, 0.2) is 5.66 Å². The molecule has 0 saturated carbocycles. The van der Waals surface area contributed by atoms with Crippen LogP contribution in [0.2, 0.25) is 5.02 Å². The molecule has 22 heavy (non-hydrogen) atoms. The lowest BCUT2D eigenvalue weighted by molar-refractivity contribution is -0.116. The number of terminal acetylenes is 1. The van der Waals surface area contributed by atoms with Crippen molar-refractivity contribution < 1.29 is 4.79 Å². The van der Waals surface area contributed by atoms with Crippen LogP contribution in [0, 0.1) is 12.3 Å². The Bertz CT molecular complexity index is 669. The predicted molar refractivity (Wildman–Crippen MR) is 87.0 cm³/mol. The third-order valence-corrected chi connectivity index (χ3v) is 4.57. The third kappa shape index (κ3) is 3.31. The fourth-order valence-electron chi connectivity index (χ4n) is 2.88. The van der Waals surface area contributed by atoms with Crippen molar-refractivity contribution in [3.8, 4) is 12.3 Å². The van der Waals surface area contributed by atoms with Gasteiger partial charge in [0, 0.05) is 25.7 Å². The molecule has 0 saturated heterocycles. The van der Waals surface area contributed by atoms with Crippen molar-refractivity contribution in [1.82, 2.24) is 0 Å². The highest BCUT2D eigenvalue weighted by Gasteiger charge is 2.39. The number of carbonyl (C=O) groups excluding carboxylic acids is 1. The highest BCUT2D eigenvalue weighted by molar-refractivity contribution is 6.33. The SMILES string of the molecule is C#CCCC1(CCC(=O)Nc2cc3c(cc2Cl)CCC3)N=N1. The van der Waals surface area contributed by atoms with Crippen LogP contribution >= 0.6 is 11.6 Å². The number of nitrogens with zero attached hydrogens (tertiary/aromatic N) is 2. The molecule has 1 amide bonds. The fraction of sp³-hybridized carbons (Fsp3) is 0.471. The van der Waals surface area contributed by atoms with Gasteiger partial charge >= 0.3 is 0 Å². The Kier molecular flexibility index (Phi) is 4.17. The van der Waals surface area contributed by atoms with Crippen molar-refractivity contribution in [3.05, 3.63) is 28.3 Å². The van der Waals surface area contributed by atoms with E-state index in [2.05, 4.69) is 21.5 Å². The van der Waals surface area contributed by atoms with Gasteiger partial charge in [-0.2, -0.15) is 10.2 Å². The van der Waals surface area contributed by atoms with Gasteiger partial charge in [0.25, 0.3) is 0 Å². The number of benzene rings is 1. The summed E-state index contributed by atoms with van der Waals surface area (Å²) in [5.41, 5.74) is 2.88. The number of anilines is 1. The molecular weight excluding hydrogens is 298 g/mol. The van der Waals surface area contributed by atoms with Crippen LogP contribution < -0.4 is 5.32 Å². The van der Waals surface area contributed by atoms with Gasteiger partial charge < -0.3 is 5.32 Å². The second-order valence-corrected chi connectivity index (χ2v) is 6.30. The van der Waals surface area contributed by atoms with E-state index in [0.717, 1.165) is 25.7 Å². The molecule has 0 aromatic heterocycles. The molecule has 1 aromatic carbocycles. The zero-order valence-electron chi connectivity index (χ0n) is 12.4. The van der Waals surface area contributed by atoms with Gasteiger partial charge in [0.1, 0.15) is 0 Å². The van der Waals surface area contributed by atoms with Crippen LogP contribution in [0.5, 0.6) is 0 Å². The summed E-state index contributed by atoms with van der Waals surface area (Å²) in [5, 5.41) is 11.6. The molecule has 0 spiro atoms. The maximum atomic E-state index is 12.1. The molecule has 1 aromatic rings. The maximum Gasteiger partial charge on any atom is 0.224 e. The van der Waals surface area contributed by atoms with Crippen molar-refractivity contribution in [2.24, 2.45) is 10.2 Å².